The highest BCUT2D eigenvalue weighted by atomic mass is 32.2. The zero-order chi connectivity index (χ0) is 13.0. The summed E-state index contributed by atoms with van der Waals surface area (Å²) in [6, 6.07) is 2.10. The van der Waals surface area contributed by atoms with E-state index in [9.17, 15) is 0 Å². The van der Waals surface area contributed by atoms with Crippen molar-refractivity contribution in [2.75, 3.05) is 11.9 Å². The van der Waals surface area contributed by atoms with Crippen LogP contribution in [-0.4, -0.2) is 21.9 Å². The third-order valence-electron chi connectivity index (χ3n) is 3.38. The normalized spacial score (nSPS) is 19.1. The largest absolute Gasteiger partial charge is 0.334 e. The van der Waals surface area contributed by atoms with Crippen LogP contribution in [0.4, 0.5) is 5.69 Å². The molecule has 0 spiro atoms. The van der Waals surface area contributed by atoms with Crippen LogP contribution in [0.5, 0.6) is 0 Å². The number of aliphatic imine (C=N–C) groups is 1. The summed E-state index contributed by atoms with van der Waals surface area (Å²) >= 11 is 1.88. The van der Waals surface area contributed by atoms with Gasteiger partial charge in [-0.25, -0.2) is 0 Å². The second-order valence-corrected chi connectivity index (χ2v) is 5.98. The first kappa shape index (κ1) is 13.4. The van der Waals surface area contributed by atoms with Crippen molar-refractivity contribution < 1.29 is 0 Å². The monoisotopic (exact) mass is 263 g/mol. The lowest BCUT2D eigenvalue weighted by molar-refractivity contribution is 0.479. The first-order chi connectivity index (χ1) is 8.72. The van der Waals surface area contributed by atoms with Crippen molar-refractivity contribution in [1.29, 1.82) is 0 Å². The van der Waals surface area contributed by atoms with Crippen LogP contribution in [0, 0.1) is 12.8 Å². The van der Waals surface area contributed by atoms with Crippen LogP contribution in [0.1, 0.15) is 32.3 Å². The van der Waals surface area contributed by atoms with Crippen molar-refractivity contribution in [2.24, 2.45) is 10.9 Å². The second-order valence-electron chi connectivity index (χ2n) is 4.75. The maximum atomic E-state index is 4.60. The highest BCUT2D eigenvalue weighted by Gasteiger charge is 2.25. The molecule has 1 atom stereocenters. The minimum absolute atomic E-state index is 0.639. The Hall–Kier alpha value is -1.03. The van der Waals surface area contributed by atoms with Crippen LogP contribution in [0.3, 0.4) is 0 Å². The average Bonchev–Trinajstić information content (AvgIpc) is 2.79. The van der Waals surface area contributed by atoms with Crippen molar-refractivity contribution >= 4 is 22.6 Å². The van der Waals surface area contributed by atoms with Crippen molar-refractivity contribution in [3.8, 4) is 0 Å². The second kappa shape index (κ2) is 6.23. The number of rotatable bonds is 4. The molecule has 1 unspecified atom stereocenters. The highest BCUT2D eigenvalue weighted by molar-refractivity contribution is 8.15. The zero-order valence-corrected chi connectivity index (χ0v) is 12.1. The summed E-state index contributed by atoms with van der Waals surface area (Å²) in [7, 11) is 0. The number of amidine groups is 1. The molecule has 0 saturated heterocycles. The number of pyridine rings is 1. The molecule has 1 aromatic rings. The van der Waals surface area contributed by atoms with Crippen LogP contribution < -0.4 is 5.32 Å². The molecule has 98 valence electrons. The van der Waals surface area contributed by atoms with Gasteiger partial charge in [0.1, 0.15) is 0 Å². The molecule has 4 heteroatoms. The molecule has 1 N–H and O–H groups in total. The maximum Gasteiger partial charge on any atom is 0.161 e. The fraction of sp³-hybridized carbons (Fsp3) is 0.571. The summed E-state index contributed by atoms with van der Waals surface area (Å²) < 4.78 is 0. The van der Waals surface area contributed by atoms with E-state index in [1.807, 2.05) is 24.2 Å². The molecular weight excluding hydrogens is 242 g/mol. The van der Waals surface area contributed by atoms with Crippen molar-refractivity contribution in [2.45, 2.75) is 38.9 Å². The molecule has 3 nitrogen and oxygen atoms in total. The van der Waals surface area contributed by atoms with Gasteiger partial charge in [0, 0.05) is 11.4 Å². The molecule has 0 aliphatic carbocycles. The van der Waals surface area contributed by atoms with Gasteiger partial charge in [0.25, 0.3) is 0 Å². The number of nitrogens with one attached hydrogen (secondary N) is 1. The number of aryl methyl sites for hydroxylation is 1. The van der Waals surface area contributed by atoms with Crippen LogP contribution >= 0.6 is 11.8 Å². The van der Waals surface area contributed by atoms with E-state index in [-0.39, 0.29) is 0 Å². The van der Waals surface area contributed by atoms with E-state index in [4.69, 9.17) is 0 Å². The first-order valence-corrected chi connectivity index (χ1v) is 7.50. The van der Waals surface area contributed by atoms with Crippen molar-refractivity contribution in [3.05, 3.63) is 24.0 Å². The number of anilines is 1. The maximum absolute atomic E-state index is 4.60. The number of nitrogens with zero attached hydrogens (tertiary/aromatic N) is 2. The number of thioether (sulfide) groups is 1. The van der Waals surface area contributed by atoms with Crippen LogP contribution in [0.25, 0.3) is 0 Å². The Labute approximate surface area is 113 Å². The van der Waals surface area contributed by atoms with E-state index in [1.54, 1.807) is 0 Å². The molecule has 0 saturated carbocycles. The molecule has 0 aromatic carbocycles. The Morgan fingerprint density at radius 3 is 2.83 bits per heavy atom. The minimum Gasteiger partial charge on any atom is -0.334 e. The van der Waals surface area contributed by atoms with Gasteiger partial charge in [-0.05, 0) is 24.5 Å². The standard InChI is InChI=1S/C14H21N3S/c1-4-11(5-2)13-9-16-14(18-13)17-12-6-10(3)7-15-8-12/h6-8,11,13H,4-5,9H2,1-3H3,(H,16,17). The number of hydrogen-bond acceptors (Lipinski definition) is 4. The van der Waals surface area contributed by atoms with Gasteiger partial charge in [-0.2, -0.15) is 0 Å². The summed E-state index contributed by atoms with van der Waals surface area (Å²) in [5, 5.41) is 5.05. The van der Waals surface area contributed by atoms with Gasteiger partial charge in [-0.3, -0.25) is 9.98 Å². The number of hydrogen-bond donors (Lipinski definition) is 1. The van der Waals surface area contributed by atoms with Gasteiger partial charge in [-0.15, -0.1) is 0 Å². The molecule has 1 aromatic heterocycles. The van der Waals surface area contributed by atoms with Crippen LogP contribution in [0.2, 0.25) is 0 Å². The van der Waals surface area contributed by atoms with Gasteiger partial charge in [0.2, 0.25) is 0 Å². The Morgan fingerprint density at radius 2 is 2.17 bits per heavy atom. The lowest BCUT2D eigenvalue weighted by atomic mass is 9.99. The van der Waals surface area contributed by atoms with E-state index in [2.05, 4.69) is 42.1 Å². The molecule has 0 radical (unpaired) electrons. The summed E-state index contributed by atoms with van der Waals surface area (Å²) in [6.07, 6.45) is 6.19. The topological polar surface area (TPSA) is 37.3 Å². The average molecular weight is 263 g/mol. The van der Waals surface area contributed by atoms with E-state index in [1.165, 1.54) is 18.4 Å². The van der Waals surface area contributed by atoms with E-state index < -0.39 is 0 Å². The van der Waals surface area contributed by atoms with Gasteiger partial charge >= 0.3 is 0 Å². The third-order valence-corrected chi connectivity index (χ3v) is 4.67. The summed E-state index contributed by atoms with van der Waals surface area (Å²) in [5.74, 6) is 0.772. The quantitative estimate of drug-likeness (QED) is 0.899. The van der Waals surface area contributed by atoms with Crippen LogP contribution in [-0.2, 0) is 0 Å². The first-order valence-electron chi connectivity index (χ1n) is 6.62. The summed E-state index contributed by atoms with van der Waals surface area (Å²) in [6.45, 7) is 7.53. The van der Waals surface area contributed by atoms with E-state index in [0.717, 1.165) is 23.3 Å². The van der Waals surface area contributed by atoms with Crippen molar-refractivity contribution in [1.82, 2.24) is 4.98 Å². The van der Waals surface area contributed by atoms with Crippen LogP contribution in [0.15, 0.2) is 23.5 Å². The Bertz CT molecular complexity index is 427. The highest BCUT2D eigenvalue weighted by Crippen LogP contribution is 2.31. The lowest BCUT2D eigenvalue weighted by Crippen LogP contribution is -2.17. The van der Waals surface area contributed by atoms with Crippen molar-refractivity contribution in [3.63, 3.8) is 0 Å². The molecule has 0 fully saturated rings. The molecule has 18 heavy (non-hydrogen) atoms. The summed E-state index contributed by atoms with van der Waals surface area (Å²) in [4.78, 5) is 8.79. The molecule has 2 heterocycles. The molecule has 0 bridgehead atoms. The fourth-order valence-corrected chi connectivity index (χ4v) is 3.61. The Balaban J connectivity index is 1.93. The van der Waals surface area contributed by atoms with Gasteiger partial charge in [-0.1, -0.05) is 38.5 Å². The molecular formula is C14H21N3S. The lowest BCUT2D eigenvalue weighted by Gasteiger charge is -2.18. The Kier molecular flexibility index (Phi) is 4.64. The molecule has 1 aliphatic rings. The SMILES string of the molecule is CCC(CC)C1CN=C(Nc2cncc(C)c2)S1. The predicted octanol–water partition coefficient (Wildman–Crippen LogP) is 3.71. The fourth-order valence-electron chi connectivity index (χ4n) is 2.27. The number of aromatic nitrogens is 1. The molecule has 0 amide bonds. The van der Waals surface area contributed by atoms with E-state index >= 15 is 0 Å². The summed E-state index contributed by atoms with van der Waals surface area (Å²) in [5.41, 5.74) is 2.20. The molecule has 1 aliphatic heterocycles. The van der Waals surface area contributed by atoms with Gasteiger partial charge in [0.15, 0.2) is 5.17 Å². The molecule has 2 rings (SSSR count). The third kappa shape index (κ3) is 3.25. The van der Waals surface area contributed by atoms with Gasteiger partial charge in [0.05, 0.1) is 18.4 Å². The predicted molar refractivity (Wildman–Crippen MR) is 80.3 cm³/mol. The Morgan fingerprint density at radius 1 is 1.39 bits per heavy atom. The van der Waals surface area contributed by atoms with Gasteiger partial charge < -0.3 is 5.32 Å². The zero-order valence-electron chi connectivity index (χ0n) is 11.3. The smallest absolute Gasteiger partial charge is 0.161 e. The minimum atomic E-state index is 0.639. The van der Waals surface area contributed by atoms with E-state index in [0.29, 0.717) is 5.25 Å².